The summed E-state index contributed by atoms with van der Waals surface area (Å²) in [6.07, 6.45) is 0. The average molecular weight is 194 g/mol. The SMILES string of the molecule is COC(=O)c1oc(C)c2oc(C)cc12. The fraction of sp³-hybridized carbons (Fsp3) is 0.300. The van der Waals surface area contributed by atoms with Gasteiger partial charge in [0.15, 0.2) is 5.58 Å². The predicted molar refractivity (Wildman–Crippen MR) is 49.3 cm³/mol. The van der Waals surface area contributed by atoms with Gasteiger partial charge in [0.1, 0.15) is 11.5 Å². The van der Waals surface area contributed by atoms with Gasteiger partial charge in [-0.2, -0.15) is 0 Å². The molecular formula is C10H10O4. The quantitative estimate of drug-likeness (QED) is 0.654. The summed E-state index contributed by atoms with van der Waals surface area (Å²) in [4.78, 5) is 11.3. The van der Waals surface area contributed by atoms with Gasteiger partial charge in [0.05, 0.1) is 12.5 Å². The zero-order valence-corrected chi connectivity index (χ0v) is 8.21. The maximum atomic E-state index is 11.3. The lowest BCUT2D eigenvalue weighted by Crippen LogP contribution is -1.98. The molecule has 4 heteroatoms. The van der Waals surface area contributed by atoms with E-state index >= 15 is 0 Å². The Morgan fingerprint density at radius 3 is 2.71 bits per heavy atom. The van der Waals surface area contributed by atoms with Crippen molar-refractivity contribution in [1.29, 1.82) is 0 Å². The van der Waals surface area contributed by atoms with Crippen molar-refractivity contribution in [1.82, 2.24) is 0 Å². The molecule has 2 aromatic rings. The molecule has 2 heterocycles. The summed E-state index contributed by atoms with van der Waals surface area (Å²) in [7, 11) is 1.32. The Bertz CT molecular complexity index is 489. The van der Waals surface area contributed by atoms with E-state index in [4.69, 9.17) is 8.83 Å². The van der Waals surface area contributed by atoms with Crippen molar-refractivity contribution < 1.29 is 18.4 Å². The highest BCUT2D eigenvalue weighted by atomic mass is 16.5. The van der Waals surface area contributed by atoms with Gasteiger partial charge in [-0.25, -0.2) is 4.79 Å². The molecule has 0 aromatic carbocycles. The Morgan fingerprint density at radius 2 is 2.07 bits per heavy atom. The topological polar surface area (TPSA) is 52.6 Å². The van der Waals surface area contributed by atoms with Crippen molar-refractivity contribution in [3.63, 3.8) is 0 Å². The van der Waals surface area contributed by atoms with E-state index < -0.39 is 5.97 Å². The van der Waals surface area contributed by atoms with E-state index in [1.807, 2.05) is 6.92 Å². The van der Waals surface area contributed by atoms with Gasteiger partial charge in [-0.3, -0.25) is 0 Å². The van der Waals surface area contributed by atoms with Gasteiger partial charge in [-0.05, 0) is 19.9 Å². The van der Waals surface area contributed by atoms with Crippen LogP contribution in [0.4, 0.5) is 0 Å². The number of fused-ring (bicyclic) bond motifs is 1. The van der Waals surface area contributed by atoms with Crippen molar-refractivity contribution in [3.8, 4) is 0 Å². The first-order valence-corrected chi connectivity index (χ1v) is 4.21. The first kappa shape index (κ1) is 8.87. The van der Waals surface area contributed by atoms with Crippen molar-refractivity contribution in [3.05, 3.63) is 23.3 Å². The molecule has 0 saturated carbocycles. The summed E-state index contributed by atoms with van der Waals surface area (Å²) in [6.45, 7) is 3.57. The molecule has 74 valence electrons. The summed E-state index contributed by atoms with van der Waals surface area (Å²) in [6, 6.07) is 1.76. The second-order valence-electron chi connectivity index (χ2n) is 3.08. The average Bonchev–Trinajstić information content (AvgIpc) is 2.65. The van der Waals surface area contributed by atoms with Crippen LogP contribution < -0.4 is 0 Å². The molecule has 2 rings (SSSR count). The van der Waals surface area contributed by atoms with Gasteiger partial charge in [0.2, 0.25) is 5.76 Å². The number of esters is 1. The highest BCUT2D eigenvalue weighted by Crippen LogP contribution is 2.28. The summed E-state index contributed by atoms with van der Waals surface area (Å²) < 4.78 is 15.2. The number of ether oxygens (including phenoxy) is 1. The van der Waals surface area contributed by atoms with E-state index in [2.05, 4.69) is 4.74 Å². The Kier molecular flexibility index (Phi) is 1.84. The molecule has 0 aliphatic carbocycles. The molecular weight excluding hydrogens is 184 g/mol. The summed E-state index contributed by atoms with van der Waals surface area (Å²) >= 11 is 0. The summed E-state index contributed by atoms with van der Waals surface area (Å²) in [5.41, 5.74) is 0.614. The van der Waals surface area contributed by atoms with Crippen LogP contribution in [-0.2, 0) is 4.74 Å². The van der Waals surface area contributed by atoms with E-state index in [0.717, 1.165) is 5.76 Å². The molecule has 14 heavy (non-hydrogen) atoms. The third-order valence-corrected chi connectivity index (χ3v) is 2.05. The third-order valence-electron chi connectivity index (χ3n) is 2.05. The van der Waals surface area contributed by atoms with E-state index in [0.29, 0.717) is 16.7 Å². The van der Waals surface area contributed by atoms with Crippen LogP contribution in [0.2, 0.25) is 0 Å². The lowest BCUT2D eigenvalue weighted by Gasteiger charge is -1.92. The van der Waals surface area contributed by atoms with Crippen LogP contribution in [0.15, 0.2) is 14.9 Å². The largest absolute Gasteiger partial charge is 0.463 e. The summed E-state index contributed by atoms with van der Waals surface area (Å²) in [5.74, 6) is 1.06. The van der Waals surface area contributed by atoms with Gasteiger partial charge >= 0.3 is 5.97 Å². The minimum absolute atomic E-state index is 0.205. The molecule has 0 bridgehead atoms. The second kappa shape index (κ2) is 2.90. The molecule has 0 atom stereocenters. The third kappa shape index (κ3) is 1.11. The van der Waals surface area contributed by atoms with Gasteiger partial charge in [0, 0.05) is 0 Å². The number of carbonyl (C=O) groups excluding carboxylic acids is 1. The second-order valence-corrected chi connectivity index (χ2v) is 3.08. The molecule has 0 aliphatic heterocycles. The number of aryl methyl sites for hydroxylation is 2. The molecule has 0 amide bonds. The molecule has 0 fully saturated rings. The first-order chi connectivity index (χ1) is 6.63. The molecule has 0 unspecified atom stereocenters. The summed E-state index contributed by atoms with van der Waals surface area (Å²) in [5, 5.41) is 0.673. The van der Waals surface area contributed by atoms with Crippen LogP contribution in [0.25, 0.3) is 11.0 Å². The van der Waals surface area contributed by atoms with E-state index in [9.17, 15) is 4.79 Å². The van der Waals surface area contributed by atoms with Gasteiger partial charge in [-0.15, -0.1) is 0 Å². The zero-order chi connectivity index (χ0) is 10.3. The number of hydrogen-bond acceptors (Lipinski definition) is 4. The number of furan rings is 2. The first-order valence-electron chi connectivity index (χ1n) is 4.21. The number of methoxy groups -OCH3 is 1. The number of carbonyl (C=O) groups is 1. The van der Waals surface area contributed by atoms with Crippen LogP contribution in [-0.4, -0.2) is 13.1 Å². The Balaban J connectivity index is 2.71. The molecule has 4 nitrogen and oxygen atoms in total. The highest BCUT2D eigenvalue weighted by Gasteiger charge is 2.20. The maximum Gasteiger partial charge on any atom is 0.374 e. The molecule has 0 aliphatic rings. The standard InChI is InChI=1S/C10H10O4/c1-5-4-7-8(13-5)6(2)14-9(7)10(11)12-3/h4H,1-3H3. The Hall–Kier alpha value is -1.71. The minimum Gasteiger partial charge on any atom is -0.463 e. The molecule has 0 N–H and O–H groups in total. The fourth-order valence-electron chi connectivity index (χ4n) is 1.44. The smallest absolute Gasteiger partial charge is 0.374 e. The number of hydrogen-bond donors (Lipinski definition) is 0. The maximum absolute atomic E-state index is 11.3. The van der Waals surface area contributed by atoms with Gasteiger partial charge < -0.3 is 13.6 Å². The highest BCUT2D eigenvalue weighted by molar-refractivity contribution is 6.01. The van der Waals surface area contributed by atoms with Gasteiger partial charge in [0.25, 0.3) is 0 Å². The Labute approximate surface area is 80.4 Å². The van der Waals surface area contributed by atoms with Crippen molar-refractivity contribution in [2.75, 3.05) is 7.11 Å². The van der Waals surface area contributed by atoms with Crippen LogP contribution in [0.1, 0.15) is 22.1 Å². The monoisotopic (exact) mass is 194 g/mol. The molecule has 2 aromatic heterocycles. The minimum atomic E-state index is -0.482. The normalized spacial score (nSPS) is 10.8. The lowest BCUT2D eigenvalue weighted by molar-refractivity contribution is 0.0566. The van der Waals surface area contributed by atoms with Crippen molar-refractivity contribution in [2.45, 2.75) is 13.8 Å². The molecule has 0 radical (unpaired) electrons. The van der Waals surface area contributed by atoms with Crippen LogP contribution in [0, 0.1) is 13.8 Å². The Morgan fingerprint density at radius 1 is 1.36 bits per heavy atom. The van der Waals surface area contributed by atoms with E-state index in [1.165, 1.54) is 7.11 Å². The van der Waals surface area contributed by atoms with E-state index in [-0.39, 0.29) is 5.76 Å². The number of rotatable bonds is 1. The van der Waals surface area contributed by atoms with Crippen molar-refractivity contribution in [2.24, 2.45) is 0 Å². The van der Waals surface area contributed by atoms with Crippen LogP contribution in [0.3, 0.4) is 0 Å². The lowest BCUT2D eigenvalue weighted by atomic mass is 10.3. The van der Waals surface area contributed by atoms with Crippen molar-refractivity contribution >= 4 is 16.9 Å². The van der Waals surface area contributed by atoms with Crippen LogP contribution in [0.5, 0.6) is 0 Å². The van der Waals surface area contributed by atoms with Crippen LogP contribution >= 0.6 is 0 Å². The molecule has 0 saturated heterocycles. The predicted octanol–water partition coefficient (Wildman–Crippen LogP) is 2.43. The van der Waals surface area contributed by atoms with Gasteiger partial charge in [-0.1, -0.05) is 0 Å². The zero-order valence-electron chi connectivity index (χ0n) is 8.21. The molecule has 0 spiro atoms. The fourth-order valence-corrected chi connectivity index (χ4v) is 1.44. The van der Waals surface area contributed by atoms with E-state index in [1.54, 1.807) is 13.0 Å².